The first-order chi connectivity index (χ1) is 9.43. The predicted octanol–water partition coefficient (Wildman–Crippen LogP) is 1.59. The molecule has 0 atom stereocenters. The zero-order valence-corrected chi connectivity index (χ0v) is 11.7. The highest BCUT2D eigenvalue weighted by atomic mass is 19.2. The molecule has 20 heavy (non-hydrogen) atoms. The third kappa shape index (κ3) is 2.96. The minimum atomic E-state index is -1.03. The third-order valence-corrected chi connectivity index (χ3v) is 3.66. The Morgan fingerprint density at radius 3 is 2.60 bits per heavy atom. The average Bonchev–Trinajstić information content (AvgIpc) is 2.44. The number of hydrogen-bond donors (Lipinski definition) is 2. The van der Waals surface area contributed by atoms with Crippen LogP contribution in [0, 0.1) is 11.6 Å². The number of rotatable bonds is 3. The summed E-state index contributed by atoms with van der Waals surface area (Å²) in [5.41, 5.74) is -0.904. The Bertz CT molecular complexity index is 499. The fourth-order valence-electron chi connectivity index (χ4n) is 2.24. The molecule has 1 saturated heterocycles. The van der Waals surface area contributed by atoms with Crippen LogP contribution in [-0.4, -0.2) is 42.5 Å². The Kier molecular flexibility index (Phi) is 4.35. The molecule has 0 bridgehead atoms. The van der Waals surface area contributed by atoms with Crippen molar-refractivity contribution >= 4 is 11.6 Å². The van der Waals surface area contributed by atoms with Crippen LogP contribution in [0.15, 0.2) is 18.2 Å². The summed E-state index contributed by atoms with van der Waals surface area (Å²) in [7, 11) is 0. The molecule has 0 unspecified atom stereocenters. The lowest BCUT2D eigenvalue weighted by Crippen LogP contribution is -2.58. The highest BCUT2D eigenvalue weighted by Gasteiger charge is 2.35. The van der Waals surface area contributed by atoms with Gasteiger partial charge in [-0.15, -0.1) is 0 Å². The van der Waals surface area contributed by atoms with Crippen LogP contribution in [0.3, 0.4) is 0 Å². The third-order valence-electron chi connectivity index (χ3n) is 3.66. The van der Waals surface area contributed by atoms with Gasteiger partial charge in [-0.05, 0) is 26.0 Å². The molecule has 1 aromatic carbocycles. The van der Waals surface area contributed by atoms with Gasteiger partial charge in [-0.25, -0.2) is 8.78 Å². The molecule has 0 aromatic heterocycles. The van der Waals surface area contributed by atoms with Gasteiger partial charge in [0, 0.05) is 26.2 Å². The van der Waals surface area contributed by atoms with Crippen LogP contribution in [0.2, 0.25) is 0 Å². The van der Waals surface area contributed by atoms with E-state index in [9.17, 15) is 13.6 Å². The van der Waals surface area contributed by atoms with Crippen molar-refractivity contribution < 1.29 is 13.6 Å². The van der Waals surface area contributed by atoms with Gasteiger partial charge in [0.05, 0.1) is 11.2 Å². The highest BCUT2D eigenvalue weighted by Crippen LogP contribution is 2.21. The zero-order valence-electron chi connectivity index (χ0n) is 11.7. The minimum absolute atomic E-state index is 0.127. The molecule has 110 valence electrons. The Morgan fingerprint density at radius 2 is 1.95 bits per heavy atom. The number of nitrogens with one attached hydrogen (secondary N) is 2. The summed E-state index contributed by atoms with van der Waals surface area (Å²) in [4.78, 5) is 14.4. The Balaban J connectivity index is 2.12. The van der Waals surface area contributed by atoms with Gasteiger partial charge in [-0.3, -0.25) is 9.69 Å². The maximum atomic E-state index is 13.6. The van der Waals surface area contributed by atoms with Crippen molar-refractivity contribution in [1.29, 1.82) is 0 Å². The predicted molar refractivity (Wildman–Crippen MR) is 73.5 cm³/mol. The quantitative estimate of drug-likeness (QED) is 0.885. The summed E-state index contributed by atoms with van der Waals surface area (Å²) in [6.45, 7) is 6.67. The van der Waals surface area contributed by atoms with E-state index in [4.69, 9.17) is 0 Å². The van der Waals surface area contributed by atoms with Crippen molar-refractivity contribution in [2.45, 2.75) is 19.4 Å². The van der Waals surface area contributed by atoms with Crippen molar-refractivity contribution in [2.75, 3.05) is 31.5 Å². The second kappa shape index (κ2) is 5.85. The molecule has 2 N–H and O–H groups in total. The van der Waals surface area contributed by atoms with Gasteiger partial charge >= 0.3 is 0 Å². The van der Waals surface area contributed by atoms with E-state index in [0.717, 1.165) is 32.2 Å². The minimum Gasteiger partial charge on any atom is -0.322 e. The molecular formula is C14H19F2N3O. The number of amides is 1. The number of hydrogen-bond acceptors (Lipinski definition) is 3. The van der Waals surface area contributed by atoms with E-state index in [1.807, 2.05) is 4.90 Å². The largest absolute Gasteiger partial charge is 0.322 e. The lowest BCUT2D eigenvalue weighted by atomic mass is 10.00. The number of benzene rings is 1. The Hall–Kier alpha value is -1.53. The van der Waals surface area contributed by atoms with Gasteiger partial charge in [-0.2, -0.15) is 0 Å². The number of carbonyl (C=O) groups is 1. The van der Waals surface area contributed by atoms with Gasteiger partial charge in [-0.1, -0.05) is 6.07 Å². The van der Waals surface area contributed by atoms with Crippen LogP contribution >= 0.6 is 0 Å². The van der Waals surface area contributed by atoms with Crippen molar-refractivity contribution in [3.63, 3.8) is 0 Å². The number of halogens is 2. The van der Waals surface area contributed by atoms with Crippen LogP contribution in [-0.2, 0) is 4.79 Å². The van der Waals surface area contributed by atoms with E-state index >= 15 is 0 Å². The molecule has 0 aliphatic carbocycles. The summed E-state index contributed by atoms with van der Waals surface area (Å²) in [6, 6.07) is 3.74. The summed E-state index contributed by atoms with van der Waals surface area (Å²) in [5, 5.41) is 5.68. The molecule has 1 fully saturated rings. The fourth-order valence-corrected chi connectivity index (χ4v) is 2.24. The molecule has 1 aliphatic heterocycles. The molecule has 1 amide bonds. The van der Waals surface area contributed by atoms with Crippen molar-refractivity contribution in [1.82, 2.24) is 10.2 Å². The van der Waals surface area contributed by atoms with E-state index in [1.165, 1.54) is 12.1 Å². The lowest BCUT2D eigenvalue weighted by Gasteiger charge is -2.39. The monoisotopic (exact) mass is 283 g/mol. The normalized spacial score (nSPS) is 17.0. The van der Waals surface area contributed by atoms with Crippen molar-refractivity contribution in [3.8, 4) is 0 Å². The molecule has 2 rings (SSSR count). The maximum absolute atomic E-state index is 13.6. The SMILES string of the molecule is CC(C)(C(=O)Nc1cccc(F)c1F)N1CCNCC1. The highest BCUT2D eigenvalue weighted by molar-refractivity contribution is 5.97. The second-order valence-electron chi connectivity index (χ2n) is 5.35. The van der Waals surface area contributed by atoms with Crippen LogP contribution in [0.5, 0.6) is 0 Å². The van der Waals surface area contributed by atoms with Crippen molar-refractivity contribution in [2.24, 2.45) is 0 Å². The number of carbonyl (C=O) groups excluding carboxylic acids is 1. The first-order valence-electron chi connectivity index (χ1n) is 6.64. The summed E-state index contributed by atoms with van der Waals surface area (Å²) in [6.07, 6.45) is 0. The summed E-state index contributed by atoms with van der Waals surface area (Å²) >= 11 is 0. The molecule has 0 saturated carbocycles. The Labute approximate surface area is 117 Å². The van der Waals surface area contributed by atoms with Crippen LogP contribution in [0.25, 0.3) is 0 Å². The zero-order chi connectivity index (χ0) is 14.8. The molecule has 1 heterocycles. The molecule has 6 heteroatoms. The number of piperazine rings is 1. The molecule has 0 radical (unpaired) electrons. The van der Waals surface area contributed by atoms with Crippen LogP contribution in [0.4, 0.5) is 14.5 Å². The van der Waals surface area contributed by atoms with Gasteiger partial charge in [0.1, 0.15) is 0 Å². The molecular weight excluding hydrogens is 264 g/mol. The van der Waals surface area contributed by atoms with Crippen LogP contribution < -0.4 is 10.6 Å². The van der Waals surface area contributed by atoms with Gasteiger partial charge in [0.2, 0.25) is 5.91 Å². The van der Waals surface area contributed by atoms with E-state index in [2.05, 4.69) is 10.6 Å². The lowest BCUT2D eigenvalue weighted by molar-refractivity contribution is -0.126. The standard InChI is InChI=1S/C14H19F2N3O/c1-14(2,19-8-6-17-7-9-19)13(20)18-11-5-3-4-10(15)12(11)16/h3-5,17H,6-9H2,1-2H3,(H,18,20). The van der Waals surface area contributed by atoms with E-state index in [0.29, 0.717) is 0 Å². The first kappa shape index (κ1) is 14.9. The first-order valence-corrected chi connectivity index (χ1v) is 6.64. The van der Waals surface area contributed by atoms with Crippen molar-refractivity contribution in [3.05, 3.63) is 29.8 Å². The van der Waals surface area contributed by atoms with Gasteiger partial charge in [0.15, 0.2) is 11.6 Å². The molecule has 1 aliphatic rings. The molecule has 1 aromatic rings. The smallest absolute Gasteiger partial charge is 0.244 e. The Morgan fingerprint density at radius 1 is 1.30 bits per heavy atom. The number of nitrogens with zero attached hydrogens (tertiary/aromatic N) is 1. The van der Waals surface area contributed by atoms with E-state index < -0.39 is 17.2 Å². The van der Waals surface area contributed by atoms with Gasteiger partial charge in [0.25, 0.3) is 0 Å². The van der Waals surface area contributed by atoms with Gasteiger partial charge < -0.3 is 10.6 Å². The summed E-state index contributed by atoms with van der Waals surface area (Å²) < 4.78 is 26.7. The van der Waals surface area contributed by atoms with E-state index in [-0.39, 0.29) is 11.6 Å². The topological polar surface area (TPSA) is 44.4 Å². The maximum Gasteiger partial charge on any atom is 0.244 e. The summed E-state index contributed by atoms with van der Waals surface area (Å²) in [5.74, 6) is -2.34. The second-order valence-corrected chi connectivity index (χ2v) is 5.35. The molecule has 0 spiro atoms. The van der Waals surface area contributed by atoms with Crippen LogP contribution in [0.1, 0.15) is 13.8 Å². The number of anilines is 1. The molecule has 4 nitrogen and oxygen atoms in total. The van der Waals surface area contributed by atoms with E-state index in [1.54, 1.807) is 13.8 Å². The average molecular weight is 283 g/mol. The fraction of sp³-hybridized carbons (Fsp3) is 0.500.